The van der Waals surface area contributed by atoms with Crippen LogP contribution < -0.4 is 31.1 Å². The van der Waals surface area contributed by atoms with Gasteiger partial charge in [0.1, 0.15) is 0 Å². The van der Waals surface area contributed by atoms with E-state index >= 15 is 0 Å². The molecule has 9 aromatic carbocycles. The Hall–Kier alpha value is -7.34. The van der Waals surface area contributed by atoms with Crippen molar-refractivity contribution >= 4 is 100 Å². The van der Waals surface area contributed by atoms with Crippen molar-refractivity contribution in [1.82, 2.24) is 0 Å². The van der Waals surface area contributed by atoms with E-state index in [1.807, 2.05) is 11.3 Å². The van der Waals surface area contributed by atoms with Gasteiger partial charge in [-0.2, -0.15) is 0 Å². The summed E-state index contributed by atoms with van der Waals surface area (Å²) in [6.45, 7) is 26.4. The summed E-state index contributed by atoms with van der Waals surface area (Å²) in [5.41, 5.74) is 23.9. The van der Waals surface area contributed by atoms with E-state index in [4.69, 9.17) is 0 Å². The summed E-state index contributed by atoms with van der Waals surface area (Å²) >= 11 is 1.89. The van der Waals surface area contributed by atoms with Gasteiger partial charge in [0.25, 0.3) is 6.71 Å². The SMILES string of the molecule is CC(C)(C)c1ccc(N2c3cc(C(C)(C)C)ccc3B3c4ccc(C(C)(C)C)cc4N(c4ccc5sc6ccccc6c5c4)c4cc(N5c6ccc(-c7ccccc7)cc6C6(C)CCCCC56C)cc2c43)c(-c2ccccc2)c1. The summed E-state index contributed by atoms with van der Waals surface area (Å²) in [7, 11) is 0. The van der Waals surface area contributed by atoms with Gasteiger partial charge < -0.3 is 14.7 Å². The molecule has 4 heterocycles. The highest BCUT2D eigenvalue weighted by Crippen LogP contribution is 2.62. The minimum absolute atomic E-state index is 0.0332. The molecule has 2 atom stereocenters. The first-order valence-electron chi connectivity index (χ1n) is 29.0. The van der Waals surface area contributed by atoms with Gasteiger partial charge in [-0.05, 0) is 164 Å². The second-order valence-corrected chi connectivity index (χ2v) is 28.0. The molecule has 0 spiro atoms. The van der Waals surface area contributed by atoms with Crippen molar-refractivity contribution in [2.75, 3.05) is 14.7 Å². The summed E-state index contributed by atoms with van der Waals surface area (Å²) in [6, 6.07) is 73.4. The first-order chi connectivity index (χ1) is 37.8. The number of anilines is 8. The number of nitrogens with zero attached hydrogens (tertiary/aromatic N) is 3. The molecule has 14 rings (SSSR count). The molecule has 1 saturated carbocycles. The number of rotatable bonds is 5. The van der Waals surface area contributed by atoms with Crippen molar-refractivity contribution in [3.63, 3.8) is 0 Å². The maximum Gasteiger partial charge on any atom is 0.252 e. The van der Waals surface area contributed by atoms with Crippen molar-refractivity contribution in [2.45, 2.75) is 129 Å². The Morgan fingerprint density at radius 3 is 1.65 bits per heavy atom. The zero-order chi connectivity index (χ0) is 54.5. The zero-order valence-electron chi connectivity index (χ0n) is 48.1. The average molecular weight is 1050 g/mol. The van der Waals surface area contributed by atoms with Crippen molar-refractivity contribution in [2.24, 2.45) is 0 Å². The van der Waals surface area contributed by atoms with Crippen LogP contribution in [0.4, 0.5) is 45.5 Å². The predicted molar refractivity (Wildman–Crippen MR) is 343 cm³/mol. The Bertz CT molecular complexity index is 4100. The molecule has 0 saturated heterocycles. The maximum absolute atomic E-state index is 2.83. The van der Waals surface area contributed by atoms with Gasteiger partial charge in [0, 0.05) is 71.0 Å². The third-order valence-electron chi connectivity index (χ3n) is 19.1. The van der Waals surface area contributed by atoms with Gasteiger partial charge in [0.2, 0.25) is 0 Å². The first-order valence-corrected chi connectivity index (χ1v) is 29.8. The van der Waals surface area contributed by atoms with Crippen LogP contribution in [0.3, 0.4) is 0 Å². The summed E-state index contributed by atoms with van der Waals surface area (Å²) in [5.74, 6) is 0. The lowest BCUT2D eigenvalue weighted by Gasteiger charge is -2.51. The molecule has 392 valence electrons. The molecular formula is C74H72BN3S. The van der Waals surface area contributed by atoms with E-state index in [0.717, 1.165) is 12.8 Å². The number of thiophene rings is 1. The molecule has 1 fully saturated rings. The van der Waals surface area contributed by atoms with Gasteiger partial charge in [0.05, 0.1) is 11.2 Å². The van der Waals surface area contributed by atoms with Crippen LogP contribution in [0.1, 0.15) is 124 Å². The molecule has 3 aliphatic heterocycles. The monoisotopic (exact) mass is 1050 g/mol. The van der Waals surface area contributed by atoms with Gasteiger partial charge in [0.15, 0.2) is 0 Å². The number of fused-ring (bicyclic) bond motifs is 10. The van der Waals surface area contributed by atoms with E-state index in [1.54, 1.807) is 0 Å². The Morgan fingerprint density at radius 1 is 0.418 bits per heavy atom. The van der Waals surface area contributed by atoms with Crippen molar-refractivity contribution in [1.29, 1.82) is 0 Å². The zero-order valence-corrected chi connectivity index (χ0v) is 48.9. The van der Waals surface area contributed by atoms with Crippen LogP contribution in [0.2, 0.25) is 0 Å². The summed E-state index contributed by atoms with van der Waals surface area (Å²) in [6.07, 6.45) is 4.66. The smallest absolute Gasteiger partial charge is 0.252 e. The summed E-state index contributed by atoms with van der Waals surface area (Å²) < 4.78 is 2.64. The molecule has 10 aromatic rings. The lowest BCUT2D eigenvalue weighted by Crippen LogP contribution is -2.61. The lowest BCUT2D eigenvalue weighted by molar-refractivity contribution is 0.195. The molecule has 2 unspecified atom stereocenters. The molecule has 1 aromatic heterocycles. The van der Waals surface area contributed by atoms with Crippen LogP contribution in [0.5, 0.6) is 0 Å². The van der Waals surface area contributed by atoms with Gasteiger partial charge in [-0.1, -0.05) is 197 Å². The molecule has 4 aliphatic rings. The Morgan fingerprint density at radius 2 is 0.975 bits per heavy atom. The molecule has 1 aliphatic carbocycles. The van der Waals surface area contributed by atoms with Crippen molar-refractivity contribution < 1.29 is 0 Å². The normalized spacial score (nSPS) is 18.6. The molecule has 0 bridgehead atoms. The molecule has 3 nitrogen and oxygen atoms in total. The molecular weight excluding hydrogens is 974 g/mol. The van der Waals surface area contributed by atoms with Crippen LogP contribution in [-0.4, -0.2) is 12.3 Å². The minimum atomic E-state index is -0.199. The topological polar surface area (TPSA) is 9.72 Å². The quantitative estimate of drug-likeness (QED) is 0.159. The Labute approximate surface area is 473 Å². The van der Waals surface area contributed by atoms with Gasteiger partial charge >= 0.3 is 0 Å². The fourth-order valence-electron chi connectivity index (χ4n) is 14.4. The van der Waals surface area contributed by atoms with E-state index in [1.165, 1.54) is 139 Å². The third-order valence-corrected chi connectivity index (χ3v) is 20.2. The second kappa shape index (κ2) is 17.6. The molecule has 5 heteroatoms. The van der Waals surface area contributed by atoms with E-state index in [0.29, 0.717) is 0 Å². The van der Waals surface area contributed by atoms with E-state index in [9.17, 15) is 0 Å². The average Bonchev–Trinajstić information content (AvgIpc) is 3.98. The number of benzene rings is 9. The Kier molecular flexibility index (Phi) is 11.1. The van der Waals surface area contributed by atoms with Crippen LogP contribution >= 0.6 is 11.3 Å². The molecule has 0 radical (unpaired) electrons. The third kappa shape index (κ3) is 7.65. The van der Waals surface area contributed by atoms with Crippen LogP contribution in [0.15, 0.2) is 188 Å². The highest BCUT2D eigenvalue weighted by atomic mass is 32.1. The Balaban J connectivity index is 1.13. The molecule has 0 amide bonds. The molecule has 79 heavy (non-hydrogen) atoms. The van der Waals surface area contributed by atoms with Gasteiger partial charge in [-0.3, -0.25) is 0 Å². The van der Waals surface area contributed by atoms with E-state index in [-0.39, 0.29) is 33.9 Å². The van der Waals surface area contributed by atoms with Crippen LogP contribution in [-0.2, 0) is 21.7 Å². The fraction of sp³-hybridized carbons (Fsp3) is 0.270. The van der Waals surface area contributed by atoms with Gasteiger partial charge in [-0.25, -0.2) is 0 Å². The molecule has 0 N–H and O–H groups in total. The standard InChI is InChI=1S/C74H72BN3S/c1-70(2,3)50-31-36-61(56(41-50)48-24-16-13-17-25-48)77-64-43-52(72(7,8)9)30-34-60(64)75-59-33-29-51(71(4,5)6)42-63(59)76(53-32-37-68-57(44-53)55-26-18-19-27-67(55)79-68)65-45-54(46-66(77)69(65)75)78-62-35-28-49(47-22-14-12-15-23-47)40-58(62)73(10)38-20-21-39-74(73,78)11/h12-19,22-37,40-46H,20-21,38-39H2,1-11H3. The lowest BCUT2D eigenvalue weighted by atomic mass is 9.33. The van der Waals surface area contributed by atoms with E-state index in [2.05, 4.69) is 279 Å². The maximum atomic E-state index is 2.83. The van der Waals surface area contributed by atoms with Crippen molar-refractivity contribution in [3.8, 4) is 22.3 Å². The number of hydrogen-bond donors (Lipinski definition) is 0. The summed E-state index contributed by atoms with van der Waals surface area (Å²) in [5, 5.41) is 2.62. The van der Waals surface area contributed by atoms with Gasteiger partial charge in [-0.15, -0.1) is 11.3 Å². The van der Waals surface area contributed by atoms with E-state index < -0.39 is 0 Å². The largest absolute Gasteiger partial charge is 0.334 e. The highest BCUT2D eigenvalue weighted by Gasteiger charge is 2.58. The van der Waals surface area contributed by atoms with Crippen LogP contribution in [0, 0.1) is 0 Å². The van der Waals surface area contributed by atoms with Crippen LogP contribution in [0.25, 0.3) is 42.4 Å². The number of hydrogen-bond acceptors (Lipinski definition) is 4. The van der Waals surface area contributed by atoms with Crippen molar-refractivity contribution in [3.05, 3.63) is 210 Å². The predicted octanol–water partition coefficient (Wildman–Crippen LogP) is 19.1. The highest BCUT2D eigenvalue weighted by molar-refractivity contribution is 7.25. The fourth-order valence-corrected chi connectivity index (χ4v) is 15.5. The first kappa shape index (κ1) is 49.9. The second-order valence-electron chi connectivity index (χ2n) is 26.9. The minimum Gasteiger partial charge on any atom is -0.334 e. The summed E-state index contributed by atoms with van der Waals surface area (Å²) in [4.78, 5) is 8.22.